The molecule has 0 fully saturated rings. The summed E-state index contributed by atoms with van der Waals surface area (Å²) in [5.74, 6) is -3.56. The Hall–Kier alpha value is -2.09. The topological polar surface area (TPSA) is 81.5 Å². The smallest absolute Gasteiger partial charge is 0.285 e. The SMILES string of the molecule is CC(C)OCCNC(=O)c1cc(F)c(F)cc1[N+](=O)[O-]. The van der Waals surface area contributed by atoms with Gasteiger partial charge in [-0.15, -0.1) is 0 Å². The maximum atomic E-state index is 13.1. The lowest BCUT2D eigenvalue weighted by Gasteiger charge is -2.09. The van der Waals surface area contributed by atoms with Crippen LogP contribution in [0.3, 0.4) is 0 Å². The number of nitrogens with one attached hydrogen (secondary N) is 1. The average molecular weight is 288 g/mol. The molecular weight excluding hydrogens is 274 g/mol. The Balaban J connectivity index is 2.81. The lowest BCUT2D eigenvalue weighted by Crippen LogP contribution is -2.28. The van der Waals surface area contributed by atoms with Crippen LogP contribution in [-0.2, 0) is 4.74 Å². The second-order valence-electron chi connectivity index (χ2n) is 4.22. The number of carbonyl (C=O) groups is 1. The van der Waals surface area contributed by atoms with E-state index in [2.05, 4.69) is 5.32 Å². The van der Waals surface area contributed by atoms with Crippen molar-refractivity contribution in [3.8, 4) is 0 Å². The fraction of sp³-hybridized carbons (Fsp3) is 0.417. The Morgan fingerprint density at radius 1 is 1.40 bits per heavy atom. The summed E-state index contributed by atoms with van der Waals surface area (Å²) >= 11 is 0. The molecule has 0 unspecified atom stereocenters. The van der Waals surface area contributed by atoms with Crippen LogP contribution in [0.2, 0.25) is 0 Å². The minimum Gasteiger partial charge on any atom is -0.377 e. The van der Waals surface area contributed by atoms with Gasteiger partial charge in [0, 0.05) is 6.54 Å². The molecule has 110 valence electrons. The van der Waals surface area contributed by atoms with Crippen molar-refractivity contribution in [2.75, 3.05) is 13.2 Å². The minimum atomic E-state index is -1.38. The van der Waals surface area contributed by atoms with Crippen molar-refractivity contribution in [1.82, 2.24) is 5.32 Å². The van der Waals surface area contributed by atoms with Gasteiger partial charge in [0.2, 0.25) is 0 Å². The van der Waals surface area contributed by atoms with E-state index in [1.807, 2.05) is 13.8 Å². The van der Waals surface area contributed by atoms with Crippen LogP contribution in [0.15, 0.2) is 12.1 Å². The lowest BCUT2D eigenvalue weighted by atomic mass is 10.1. The van der Waals surface area contributed by atoms with E-state index in [-0.39, 0.29) is 19.3 Å². The van der Waals surface area contributed by atoms with Crippen molar-refractivity contribution < 1.29 is 23.2 Å². The highest BCUT2D eigenvalue weighted by Gasteiger charge is 2.23. The quantitative estimate of drug-likeness (QED) is 0.493. The van der Waals surface area contributed by atoms with Gasteiger partial charge < -0.3 is 10.1 Å². The number of nitrogens with zero attached hydrogens (tertiary/aromatic N) is 1. The van der Waals surface area contributed by atoms with Gasteiger partial charge in [-0.25, -0.2) is 8.78 Å². The Morgan fingerprint density at radius 2 is 2.00 bits per heavy atom. The number of halogens is 2. The summed E-state index contributed by atoms with van der Waals surface area (Å²) in [6.07, 6.45) is -0.0236. The minimum absolute atomic E-state index is 0.0236. The fourth-order valence-electron chi connectivity index (χ4n) is 1.42. The van der Waals surface area contributed by atoms with Gasteiger partial charge in [-0.1, -0.05) is 0 Å². The maximum absolute atomic E-state index is 13.1. The number of carbonyl (C=O) groups excluding carboxylic acids is 1. The molecule has 1 rings (SSSR count). The number of benzene rings is 1. The first-order valence-corrected chi connectivity index (χ1v) is 5.86. The first-order chi connectivity index (χ1) is 9.32. The van der Waals surface area contributed by atoms with Crippen molar-refractivity contribution in [2.24, 2.45) is 0 Å². The highest BCUT2D eigenvalue weighted by atomic mass is 19.2. The molecular formula is C12H14F2N2O4. The van der Waals surface area contributed by atoms with Crippen LogP contribution in [0, 0.1) is 21.7 Å². The van der Waals surface area contributed by atoms with Crippen molar-refractivity contribution in [3.05, 3.63) is 39.4 Å². The van der Waals surface area contributed by atoms with E-state index in [4.69, 9.17) is 4.74 Å². The van der Waals surface area contributed by atoms with E-state index in [1.54, 1.807) is 0 Å². The third-order valence-corrected chi connectivity index (χ3v) is 2.32. The molecule has 1 amide bonds. The third kappa shape index (κ3) is 4.23. The Bertz CT molecular complexity index is 520. The van der Waals surface area contributed by atoms with Gasteiger partial charge in [-0.3, -0.25) is 14.9 Å². The average Bonchev–Trinajstić information content (AvgIpc) is 2.36. The van der Waals surface area contributed by atoms with Gasteiger partial charge in [0.25, 0.3) is 11.6 Å². The number of rotatable bonds is 6. The van der Waals surface area contributed by atoms with Gasteiger partial charge in [-0.05, 0) is 19.9 Å². The monoisotopic (exact) mass is 288 g/mol. The molecule has 1 aromatic carbocycles. The standard InChI is InChI=1S/C12H14F2N2O4/c1-7(2)20-4-3-15-12(17)8-5-9(13)10(14)6-11(8)16(18)19/h5-7H,3-4H2,1-2H3,(H,15,17). The number of nitro benzene ring substituents is 1. The van der Waals surface area contributed by atoms with Gasteiger partial charge >= 0.3 is 0 Å². The zero-order valence-corrected chi connectivity index (χ0v) is 11.0. The summed E-state index contributed by atoms with van der Waals surface area (Å²) in [6, 6.07) is 0.890. The fourth-order valence-corrected chi connectivity index (χ4v) is 1.42. The normalized spacial score (nSPS) is 10.7. The number of nitro groups is 1. The molecule has 0 aliphatic heterocycles. The Labute approximate surface area is 113 Å². The molecule has 8 heteroatoms. The second kappa shape index (κ2) is 6.90. The summed E-state index contributed by atoms with van der Waals surface area (Å²) in [5, 5.41) is 13.1. The predicted octanol–water partition coefficient (Wildman–Crippen LogP) is 2.03. The first-order valence-electron chi connectivity index (χ1n) is 5.86. The number of ether oxygens (including phenoxy) is 1. The van der Waals surface area contributed by atoms with Crippen LogP contribution in [0.5, 0.6) is 0 Å². The zero-order chi connectivity index (χ0) is 15.3. The summed E-state index contributed by atoms with van der Waals surface area (Å²) in [5.41, 5.74) is -1.32. The summed E-state index contributed by atoms with van der Waals surface area (Å²) in [7, 11) is 0. The van der Waals surface area contributed by atoms with E-state index < -0.39 is 33.7 Å². The summed E-state index contributed by atoms with van der Waals surface area (Å²) in [4.78, 5) is 21.5. The molecule has 0 saturated carbocycles. The summed E-state index contributed by atoms with van der Waals surface area (Å²) in [6.45, 7) is 3.93. The second-order valence-corrected chi connectivity index (χ2v) is 4.22. The van der Waals surface area contributed by atoms with Gasteiger partial charge in [0.15, 0.2) is 11.6 Å². The number of amides is 1. The third-order valence-electron chi connectivity index (χ3n) is 2.32. The maximum Gasteiger partial charge on any atom is 0.285 e. The highest BCUT2D eigenvalue weighted by Crippen LogP contribution is 2.22. The van der Waals surface area contributed by atoms with E-state index >= 15 is 0 Å². The molecule has 0 heterocycles. The predicted molar refractivity (Wildman–Crippen MR) is 66.4 cm³/mol. The Kier molecular flexibility index (Phi) is 5.51. The first kappa shape index (κ1) is 16.0. The molecule has 1 N–H and O–H groups in total. The van der Waals surface area contributed by atoms with Crippen LogP contribution in [0.1, 0.15) is 24.2 Å². The Morgan fingerprint density at radius 3 is 2.55 bits per heavy atom. The zero-order valence-electron chi connectivity index (χ0n) is 11.0. The van der Waals surface area contributed by atoms with Gasteiger partial charge in [0.05, 0.1) is 23.7 Å². The highest BCUT2D eigenvalue weighted by molar-refractivity contribution is 5.98. The molecule has 6 nitrogen and oxygen atoms in total. The van der Waals surface area contributed by atoms with Crippen LogP contribution in [0.4, 0.5) is 14.5 Å². The molecule has 0 spiro atoms. The molecule has 1 aromatic rings. The number of hydrogen-bond acceptors (Lipinski definition) is 4. The number of hydrogen-bond donors (Lipinski definition) is 1. The molecule has 0 aliphatic carbocycles. The van der Waals surface area contributed by atoms with Crippen molar-refractivity contribution >= 4 is 11.6 Å². The summed E-state index contributed by atoms with van der Waals surface area (Å²) < 4.78 is 31.2. The van der Waals surface area contributed by atoms with Crippen molar-refractivity contribution in [1.29, 1.82) is 0 Å². The molecule has 0 saturated heterocycles. The largest absolute Gasteiger partial charge is 0.377 e. The molecule has 0 radical (unpaired) electrons. The lowest BCUT2D eigenvalue weighted by molar-refractivity contribution is -0.385. The van der Waals surface area contributed by atoms with E-state index in [9.17, 15) is 23.7 Å². The van der Waals surface area contributed by atoms with Crippen molar-refractivity contribution in [2.45, 2.75) is 20.0 Å². The van der Waals surface area contributed by atoms with Crippen LogP contribution in [-0.4, -0.2) is 30.1 Å². The van der Waals surface area contributed by atoms with E-state index in [1.165, 1.54) is 0 Å². The van der Waals surface area contributed by atoms with E-state index in [0.29, 0.717) is 12.1 Å². The van der Waals surface area contributed by atoms with Crippen LogP contribution < -0.4 is 5.32 Å². The molecule has 0 bridgehead atoms. The van der Waals surface area contributed by atoms with E-state index in [0.717, 1.165) is 0 Å². The van der Waals surface area contributed by atoms with Crippen molar-refractivity contribution in [3.63, 3.8) is 0 Å². The van der Waals surface area contributed by atoms with Crippen LogP contribution in [0.25, 0.3) is 0 Å². The van der Waals surface area contributed by atoms with Gasteiger partial charge in [-0.2, -0.15) is 0 Å². The molecule has 0 atom stereocenters. The molecule has 0 aromatic heterocycles. The molecule has 20 heavy (non-hydrogen) atoms. The molecule has 0 aliphatic rings. The van der Waals surface area contributed by atoms with Crippen LogP contribution >= 0.6 is 0 Å². The van der Waals surface area contributed by atoms with Gasteiger partial charge in [0.1, 0.15) is 5.56 Å².